The Balaban J connectivity index is 2.46. The fraction of sp³-hybridized carbons (Fsp3) is 0.391. The molecule has 0 aliphatic carbocycles. The summed E-state index contributed by atoms with van der Waals surface area (Å²) >= 11 is 0. The average Bonchev–Trinajstić information content (AvgIpc) is 3.13. The molecular weight excluding hydrogens is 368 g/mol. The van der Waals surface area contributed by atoms with Crippen molar-refractivity contribution >= 4 is 35.0 Å². The molecule has 6 nitrogen and oxygen atoms in total. The van der Waals surface area contributed by atoms with Gasteiger partial charge in [0.15, 0.2) is 0 Å². The zero-order chi connectivity index (χ0) is 21.6. The van der Waals surface area contributed by atoms with Gasteiger partial charge < -0.3 is 0 Å². The van der Waals surface area contributed by atoms with Crippen molar-refractivity contribution in [1.82, 2.24) is 0 Å². The second kappa shape index (κ2) is 7.43. The van der Waals surface area contributed by atoms with E-state index in [9.17, 15) is 19.2 Å². The molecule has 29 heavy (non-hydrogen) atoms. The van der Waals surface area contributed by atoms with Gasteiger partial charge in [-0.3, -0.25) is 19.2 Å². The van der Waals surface area contributed by atoms with Crippen LogP contribution in [0.4, 0.5) is 11.4 Å². The van der Waals surface area contributed by atoms with E-state index in [1.807, 2.05) is 47.6 Å². The van der Waals surface area contributed by atoms with Crippen molar-refractivity contribution in [3.63, 3.8) is 0 Å². The van der Waals surface area contributed by atoms with Gasteiger partial charge in [0.2, 0.25) is 0 Å². The number of amides is 4. The molecule has 0 bridgehead atoms. The summed E-state index contributed by atoms with van der Waals surface area (Å²) in [7, 11) is 0. The molecular formula is C23H26N2O4. The van der Waals surface area contributed by atoms with Gasteiger partial charge in [-0.05, 0) is 28.9 Å². The van der Waals surface area contributed by atoms with Gasteiger partial charge in [0, 0.05) is 29.9 Å². The maximum Gasteiger partial charge on any atom is 0.258 e. The first-order valence-electron chi connectivity index (χ1n) is 9.89. The van der Waals surface area contributed by atoms with Crippen LogP contribution in [0.1, 0.15) is 76.0 Å². The number of hydrogen-bond donors (Lipinski definition) is 0. The second-order valence-corrected chi connectivity index (χ2v) is 8.32. The fourth-order valence-electron chi connectivity index (χ4n) is 3.89. The maximum absolute atomic E-state index is 12.6. The first-order valence-corrected chi connectivity index (χ1v) is 9.89. The minimum atomic E-state index is -0.417. The highest BCUT2D eigenvalue weighted by molar-refractivity contribution is 6.31. The Kier molecular flexibility index (Phi) is 5.30. The van der Waals surface area contributed by atoms with Crippen LogP contribution in [0.2, 0.25) is 0 Å². The summed E-state index contributed by atoms with van der Waals surface area (Å²) in [5.41, 5.74) is 3.33. The zero-order valence-electron chi connectivity index (χ0n) is 17.6. The average molecular weight is 394 g/mol. The summed E-state index contributed by atoms with van der Waals surface area (Å²) in [6, 6.07) is 1.93. The Morgan fingerprint density at radius 1 is 0.552 bits per heavy atom. The lowest BCUT2D eigenvalue weighted by Crippen LogP contribution is -2.36. The van der Waals surface area contributed by atoms with Crippen molar-refractivity contribution in [2.75, 3.05) is 9.80 Å². The van der Waals surface area contributed by atoms with Crippen molar-refractivity contribution in [2.45, 2.75) is 59.3 Å². The number of benzene rings is 1. The van der Waals surface area contributed by atoms with Crippen LogP contribution in [-0.4, -0.2) is 23.6 Å². The number of carbonyl (C=O) groups is 4. The number of carbonyl (C=O) groups excluding carboxylic acids is 4. The Hall–Kier alpha value is -3.02. The predicted molar refractivity (Wildman–Crippen MR) is 112 cm³/mol. The molecule has 2 aliphatic rings. The molecule has 2 aliphatic heterocycles. The van der Waals surface area contributed by atoms with Gasteiger partial charge in [0.25, 0.3) is 23.6 Å². The summed E-state index contributed by atoms with van der Waals surface area (Å²) in [5.74, 6) is -1.76. The molecule has 0 fully saturated rings. The van der Waals surface area contributed by atoms with Gasteiger partial charge in [-0.1, -0.05) is 47.6 Å². The SMILES string of the molecule is CC(C)c1cc(C(C)C)c(N2C(=O)C=CC2=O)c(C(C)C)c1N1C(=O)C=CC1=O. The molecule has 3 rings (SSSR count). The van der Waals surface area contributed by atoms with Gasteiger partial charge >= 0.3 is 0 Å². The molecule has 0 unspecified atom stereocenters. The van der Waals surface area contributed by atoms with Crippen LogP contribution in [0.25, 0.3) is 0 Å². The first-order chi connectivity index (χ1) is 13.6. The molecule has 4 amide bonds. The molecule has 0 N–H and O–H groups in total. The quantitative estimate of drug-likeness (QED) is 0.710. The van der Waals surface area contributed by atoms with E-state index in [0.29, 0.717) is 16.9 Å². The van der Waals surface area contributed by atoms with Crippen molar-refractivity contribution < 1.29 is 19.2 Å². The van der Waals surface area contributed by atoms with Gasteiger partial charge in [-0.15, -0.1) is 0 Å². The summed E-state index contributed by atoms with van der Waals surface area (Å²) in [6.07, 6.45) is 5.00. The van der Waals surface area contributed by atoms with E-state index in [2.05, 4.69) is 0 Å². The molecule has 1 aromatic rings. The maximum atomic E-state index is 12.6. The monoisotopic (exact) mass is 394 g/mol. The van der Waals surface area contributed by atoms with E-state index >= 15 is 0 Å². The number of nitrogens with zero attached hydrogens (tertiary/aromatic N) is 2. The molecule has 152 valence electrons. The highest BCUT2D eigenvalue weighted by Crippen LogP contribution is 2.47. The van der Waals surface area contributed by atoms with Crippen molar-refractivity contribution in [2.24, 2.45) is 0 Å². The third-order valence-electron chi connectivity index (χ3n) is 5.26. The van der Waals surface area contributed by atoms with Crippen molar-refractivity contribution in [3.8, 4) is 0 Å². The van der Waals surface area contributed by atoms with E-state index in [4.69, 9.17) is 0 Å². The van der Waals surface area contributed by atoms with Crippen LogP contribution in [0.3, 0.4) is 0 Å². The molecule has 6 heteroatoms. The fourth-order valence-corrected chi connectivity index (χ4v) is 3.89. The van der Waals surface area contributed by atoms with Crippen molar-refractivity contribution in [1.29, 1.82) is 0 Å². The molecule has 0 saturated heterocycles. The largest absolute Gasteiger partial charge is 0.269 e. The van der Waals surface area contributed by atoms with Crippen LogP contribution >= 0.6 is 0 Å². The van der Waals surface area contributed by atoms with E-state index in [-0.39, 0.29) is 17.8 Å². The minimum Gasteiger partial charge on any atom is -0.269 e. The number of anilines is 2. The highest BCUT2D eigenvalue weighted by Gasteiger charge is 2.37. The lowest BCUT2D eigenvalue weighted by Gasteiger charge is -2.33. The normalized spacial score (nSPS) is 16.7. The van der Waals surface area contributed by atoms with Gasteiger partial charge in [0.05, 0.1) is 11.4 Å². The number of hydrogen-bond acceptors (Lipinski definition) is 4. The van der Waals surface area contributed by atoms with E-state index in [0.717, 1.165) is 20.9 Å². The first kappa shape index (κ1) is 20.7. The smallest absolute Gasteiger partial charge is 0.258 e. The topological polar surface area (TPSA) is 74.8 Å². The zero-order valence-corrected chi connectivity index (χ0v) is 17.6. The number of imide groups is 2. The third-order valence-corrected chi connectivity index (χ3v) is 5.26. The van der Waals surface area contributed by atoms with Crippen LogP contribution in [0.15, 0.2) is 30.4 Å². The van der Waals surface area contributed by atoms with Crippen LogP contribution in [-0.2, 0) is 19.2 Å². The summed E-state index contributed by atoms with van der Waals surface area (Å²) in [4.78, 5) is 52.6. The Morgan fingerprint density at radius 3 is 1.10 bits per heavy atom. The van der Waals surface area contributed by atoms with Gasteiger partial charge in [0.1, 0.15) is 0 Å². The van der Waals surface area contributed by atoms with Gasteiger partial charge in [-0.25, -0.2) is 9.80 Å². The highest BCUT2D eigenvalue weighted by atomic mass is 16.2. The van der Waals surface area contributed by atoms with Crippen LogP contribution in [0, 0.1) is 0 Å². The third kappa shape index (κ3) is 3.33. The summed E-state index contributed by atoms with van der Waals surface area (Å²) in [6.45, 7) is 11.9. The van der Waals surface area contributed by atoms with Crippen molar-refractivity contribution in [3.05, 3.63) is 47.1 Å². The number of rotatable bonds is 5. The molecule has 0 aromatic heterocycles. The standard InChI is InChI=1S/C23H26N2O4/c1-12(2)15-11-16(13(3)4)23(25-19(28)9-10-20(25)29)21(14(5)6)22(15)24-17(26)7-8-18(24)27/h7-14H,1-6H3. The minimum absolute atomic E-state index is 0.0263. The van der Waals surface area contributed by atoms with Crippen LogP contribution < -0.4 is 9.80 Å². The van der Waals surface area contributed by atoms with Gasteiger partial charge in [-0.2, -0.15) is 0 Å². The van der Waals surface area contributed by atoms with E-state index < -0.39 is 23.6 Å². The molecule has 0 atom stereocenters. The van der Waals surface area contributed by atoms with E-state index in [1.165, 1.54) is 24.3 Å². The lowest BCUT2D eigenvalue weighted by molar-refractivity contribution is -0.121. The molecule has 1 aromatic carbocycles. The Labute approximate surface area is 170 Å². The van der Waals surface area contributed by atoms with Crippen LogP contribution in [0.5, 0.6) is 0 Å². The van der Waals surface area contributed by atoms with E-state index in [1.54, 1.807) is 0 Å². The summed E-state index contributed by atoms with van der Waals surface area (Å²) < 4.78 is 0. The second-order valence-electron chi connectivity index (χ2n) is 8.32. The predicted octanol–water partition coefficient (Wildman–Crippen LogP) is 3.92. The molecule has 2 heterocycles. The Bertz CT molecular complexity index is 875. The molecule has 0 spiro atoms. The Morgan fingerprint density at radius 2 is 0.862 bits per heavy atom. The lowest BCUT2D eigenvalue weighted by atomic mass is 9.84. The summed E-state index contributed by atoms with van der Waals surface area (Å²) in [5, 5.41) is 0. The molecule has 0 saturated carbocycles. The molecule has 0 radical (unpaired) electrons.